The van der Waals surface area contributed by atoms with Gasteiger partial charge in [0.05, 0.1) is 14.2 Å². The summed E-state index contributed by atoms with van der Waals surface area (Å²) in [6.07, 6.45) is -0.632. The quantitative estimate of drug-likeness (QED) is 0.226. The summed E-state index contributed by atoms with van der Waals surface area (Å²) in [5.41, 5.74) is -1.07. The maximum atomic E-state index is 11.2. The van der Waals surface area contributed by atoms with E-state index in [-0.39, 0.29) is 6.42 Å². The summed E-state index contributed by atoms with van der Waals surface area (Å²) in [6.45, 7) is 4.56. The van der Waals surface area contributed by atoms with Crippen molar-refractivity contribution < 1.29 is 43.2 Å². The molecule has 0 radical (unpaired) electrons. The minimum atomic E-state index is -1.32. The van der Waals surface area contributed by atoms with Crippen molar-refractivity contribution in [1.82, 2.24) is 0 Å². The van der Waals surface area contributed by atoms with Gasteiger partial charge in [0.1, 0.15) is 11.7 Å². The SMILES string of the molecule is COC(=O)C(=O)OOC(C)(C)CC(C)OC(=O)C(=O)OC. The van der Waals surface area contributed by atoms with Gasteiger partial charge < -0.3 is 14.2 Å². The topological polar surface area (TPSA) is 114 Å². The van der Waals surface area contributed by atoms with Crippen LogP contribution in [-0.4, -0.2) is 49.8 Å². The Hall–Kier alpha value is -2.16. The summed E-state index contributed by atoms with van der Waals surface area (Å²) in [6, 6.07) is 0. The van der Waals surface area contributed by atoms with E-state index in [4.69, 9.17) is 9.62 Å². The van der Waals surface area contributed by atoms with Crippen molar-refractivity contribution in [2.24, 2.45) is 0 Å². The predicted molar refractivity (Wildman–Crippen MR) is 65.5 cm³/mol. The summed E-state index contributed by atoms with van der Waals surface area (Å²) >= 11 is 0. The monoisotopic (exact) mass is 306 g/mol. The molecular formula is C12H18O9. The first-order valence-corrected chi connectivity index (χ1v) is 5.90. The number of methoxy groups -OCH3 is 2. The molecule has 0 saturated carbocycles. The summed E-state index contributed by atoms with van der Waals surface area (Å²) in [7, 11) is 2.07. The van der Waals surface area contributed by atoms with Gasteiger partial charge in [-0.15, -0.1) is 0 Å². The molecule has 0 saturated heterocycles. The molecule has 0 rings (SSSR count). The van der Waals surface area contributed by atoms with E-state index in [2.05, 4.69) is 14.4 Å². The first-order valence-electron chi connectivity index (χ1n) is 5.90. The van der Waals surface area contributed by atoms with Crippen molar-refractivity contribution in [3.8, 4) is 0 Å². The molecule has 9 heteroatoms. The van der Waals surface area contributed by atoms with Crippen LogP contribution in [0.15, 0.2) is 0 Å². The maximum Gasteiger partial charge on any atom is 0.449 e. The van der Waals surface area contributed by atoms with Crippen LogP contribution in [-0.2, 0) is 43.2 Å². The fourth-order valence-corrected chi connectivity index (χ4v) is 1.35. The van der Waals surface area contributed by atoms with E-state index in [9.17, 15) is 19.2 Å². The second-order valence-electron chi connectivity index (χ2n) is 4.62. The first-order chi connectivity index (χ1) is 9.62. The highest BCUT2D eigenvalue weighted by Crippen LogP contribution is 2.19. The number of carbonyl (C=O) groups excluding carboxylic acids is 4. The van der Waals surface area contributed by atoms with Crippen LogP contribution in [0.3, 0.4) is 0 Å². The van der Waals surface area contributed by atoms with Crippen LogP contribution in [0.25, 0.3) is 0 Å². The van der Waals surface area contributed by atoms with Gasteiger partial charge in [0.2, 0.25) is 0 Å². The Balaban J connectivity index is 4.33. The lowest BCUT2D eigenvalue weighted by atomic mass is 10.0. The lowest BCUT2D eigenvalue weighted by molar-refractivity contribution is -0.327. The molecule has 0 spiro atoms. The molecule has 120 valence electrons. The second-order valence-corrected chi connectivity index (χ2v) is 4.62. The van der Waals surface area contributed by atoms with Gasteiger partial charge in [-0.05, 0) is 20.8 Å². The number of rotatable bonds is 5. The molecule has 0 aromatic heterocycles. The molecule has 0 aliphatic carbocycles. The van der Waals surface area contributed by atoms with Crippen LogP contribution in [0.2, 0.25) is 0 Å². The summed E-state index contributed by atoms with van der Waals surface area (Å²) in [4.78, 5) is 53.0. The number of hydrogen-bond donors (Lipinski definition) is 0. The number of hydrogen-bond acceptors (Lipinski definition) is 9. The molecule has 0 fully saturated rings. The Labute approximate surface area is 121 Å². The second kappa shape index (κ2) is 8.20. The molecule has 1 unspecified atom stereocenters. The van der Waals surface area contributed by atoms with Crippen LogP contribution >= 0.6 is 0 Å². The zero-order chi connectivity index (χ0) is 16.6. The van der Waals surface area contributed by atoms with Gasteiger partial charge in [0.15, 0.2) is 0 Å². The summed E-state index contributed by atoms with van der Waals surface area (Å²) < 4.78 is 13.1. The Morgan fingerprint density at radius 3 is 1.86 bits per heavy atom. The average molecular weight is 306 g/mol. The smallest absolute Gasteiger partial charge is 0.449 e. The van der Waals surface area contributed by atoms with E-state index < -0.39 is 35.6 Å². The lowest BCUT2D eigenvalue weighted by Crippen LogP contribution is -2.34. The zero-order valence-electron chi connectivity index (χ0n) is 12.5. The van der Waals surface area contributed by atoms with Crippen molar-refractivity contribution in [3.63, 3.8) is 0 Å². The average Bonchev–Trinajstić information content (AvgIpc) is 2.41. The fourth-order valence-electron chi connectivity index (χ4n) is 1.35. The van der Waals surface area contributed by atoms with E-state index in [1.165, 1.54) is 20.8 Å². The van der Waals surface area contributed by atoms with Crippen molar-refractivity contribution in [2.45, 2.75) is 38.9 Å². The van der Waals surface area contributed by atoms with Crippen LogP contribution in [0.5, 0.6) is 0 Å². The molecule has 0 aromatic carbocycles. The van der Waals surface area contributed by atoms with Gasteiger partial charge in [-0.3, -0.25) is 4.89 Å². The van der Waals surface area contributed by atoms with Crippen molar-refractivity contribution in [1.29, 1.82) is 0 Å². The number of ether oxygens (including phenoxy) is 3. The molecule has 0 heterocycles. The third-order valence-electron chi connectivity index (χ3n) is 2.13. The minimum absolute atomic E-state index is 0.0875. The molecule has 21 heavy (non-hydrogen) atoms. The van der Waals surface area contributed by atoms with E-state index in [1.54, 1.807) is 0 Å². The molecule has 0 aliphatic rings. The van der Waals surface area contributed by atoms with E-state index >= 15 is 0 Å². The van der Waals surface area contributed by atoms with Crippen LogP contribution in [0.4, 0.5) is 0 Å². The predicted octanol–water partition coefficient (Wildman–Crippen LogP) is -0.0924. The van der Waals surface area contributed by atoms with E-state index in [0.29, 0.717) is 0 Å². The third kappa shape index (κ3) is 7.25. The molecule has 0 bridgehead atoms. The molecule has 0 aliphatic heterocycles. The molecule has 1 atom stereocenters. The van der Waals surface area contributed by atoms with Crippen molar-refractivity contribution in [3.05, 3.63) is 0 Å². The number of carbonyl (C=O) groups is 4. The maximum absolute atomic E-state index is 11.2. The van der Waals surface area contributed by atoms with Crippen LogP contribution in [0.1, 0.15) is 27.2 Å². The van der Waals surface area contributed by atoms with Crippen LogP contribution < -0.4 is 0 Å². The number of esters is 3. The Morgan fingerprint density at radius 1 is 0.905 bits per heavy atom. The highest BCUT2D eigenvalue weighted by Gasteiger charge is 2.30. The van der Waals surface area contributed by atoms with Crippen molar-refractivity contribution >= 4 is 23.9 Å². The van der Waals surface area contributed by atoms with E-state index in [0.717, 1.165) is 14.2 Å². The highest BCUT2D eigenvalue weighted by atomic mass is 17.2. The van der Waals surface area contributed by atoms with Gasteiger partial charge in [-0.1, -0.05) is 0 Å². The molecule has 0 aromatic rings. The fraction of sp³-hybridized carbons (Fsp3) is 0.667. The largest absolute Gasteiger partial charge is 0.461 e. The highest BCUT2D eigenvalue weighted by molar-refractivity contribution is 6.29. The first kappa shape index (κ1) is 18.8. The summed E-state index contributed by atoms with van der Waals surface area (Å²) in [5, 5.41) is 0. The Bertz CT molecular complexity index is 413. The minimum Gasteiger partial charge on any atom is -0.461 e. The molecule has 9 nitrogen and oxygen atoms in total. The molecule has 0 N–H and O–H groups in total. The normalized spacial score (nSPS) is 12.0. The van der Waals surface area contributed by atoms with E-state index in [1.807, 2.05) is 0 Å². The standard InChI is InChI=1S/C12H18O9/c1-7(19-10(15)8(13)17-4)6-12(2,3)21-20-11(16)9(14)18-5/h7H,6H2,1-5H3. The van der Waals surface area contributed by atoms with Gasteiger partial charge in [0, 0.05) is 6.42 Å². The molecular weight excluding hydrogens is 288 g/mol. The van der Waals surface area contributed by atoms with Crippen LogP contribution in [0, 0.1) is 0 Å². The molecule has 0 amide bonds. The van der Waals surface area contributed by atoms with Gasteiger partial charge in [-0.25, -0.2) is 19.2 Å². The van der Waals surface area contributed by atoms with Crippen molar-refractivity contribution in [2.75, 3.05) is 14.2 Å². The third-order valence-corrected chi connectivity index (χ3v) is 2.13. The van der Waals surface area contributed by atoms with Gasteiger partial charge in [0.25, 0.3) is 0 Å². The summed E-state index contributed by atoms with van der Waals surface area (Å²) in [5.74, 6) is -4.80. The zero-order valence-corrected chi connectivity index (χ0v) is 12.5. The lowest BCUT2D eigenvalue weighted by Gasteiger charge is -2.25. The Morgan fingerprint density at radius 2 is 1.38 bits per heavy atom. The Kier molecular flexibility index (Phi) is 7.36. The van der Waals surface area contributed by atoms with Gasteiger partial charge >= 0.3 is 23.9 Å². The van der Waals surface area contributed by atoms with Gasteiger partial charge in [-0.2, -0.15) is 4.89 Å².